The van der Waals surface area contributed by atoms with Crippen molar-refractivity contribution in [3.8, 4) is 0 Å². The van der Waals surface area contributed by atoms with E-state index >= 15 is 0 Å². The zero-order valence-corrected chi connectivity index (χ0v) is 28.1. The van der Waals surface area contributed by atoms with E-state index in [2.05, 4.69) is 38.4 Å². The highest BCUT2D eigenvalue weighted by molar-refractivity contribution is 8.05. The fourth-order valence-electron chi connectivity index (χ4n) is 5.20. The third-order valence-corrected chi connectivity index (χ3v) is 8.89. The van der Waals surface area contributed by atoms with Crippen molar-refractivity contribution in [2.24, 2.45) is 5.41 Å². The van der Waals surface area contributed by atoms with Crippen LogP contribution >= 0.6 is 11.8 Å². The number of allylic oxidation sites excluding steroid dienone is 3. The van der Waals surface area contributed by atoms with Gasteiger partial charge in [0.05, 0.1) is 11.1 Å². The lowest BCUT2D eigenvalue weighted by molar-refractivity contribution is -0.138. The standard InChI is InChI=1S/C34H49N5O3S/c1-11-15-26(25-17-14-18-36-29(25)21(4)5)31-37-22(6)28(30(35)38-31)34(10,27(40)16-12-2)23(7)43-20-24(13-3)19-33(8,9)32(41)39-42/h14-15,17-18,20-21,42H,7,11-13,16,19H2,1-6,8-10H3,(H,39,41)(H2,35,37,38)/b24-20+,26-15?/t34-/m1/s1. The second-order valence-corrected chi connectivity index (χ2v) is 12.9. The number of pyridine rings is 1. The highest BCUT2D eigenvalue weighted by atomic mass is 32.2. The molecule has 2 aromatic heterocycles. The smallest absolute Gasteiger partial charge is 0.249 e. The molecule has 9 heteroatoms. The van der Waals surface area contributed by atoms with Crippen molar-refractivity contribution in [1.82, 2.24) is 20.4 Å². The normalized spacial score (nSPS) is 14.0. The molecule has 0 bridgehead atoms. The minimum absolute atomic E-state index is 0.0104. The summed E-state index contributed by atoms with van der Waals surface area (Å²) in [6, 6.07) is 3.94. The summed E-state index contributed by atoms with van der Waals surface area (Å²) in [5.41, 5.74) is 11.5. The van der Waals surface area contributed by atoms with E-state index in [-0.39, 0.29) is 17.5 Å². The molecule has 0 saturated heterocycles. The predicted octanol–water partition coefficient (Wildman–Crippen LogP) is 7.82. The van der Waals surface area contributed by atoms with Gasteiger partial charge in [0.2, 0.25) is 5.91 Å². The number of hydrogen-bond donors (Lipinski definition) is 3. The number of aromatic nitrogens is 3. The van der Waals surface area contributed by atoms with E-state index in [1.165, 1.54) is 11.8 Å². The molecule has 234 valence electrons. The first-order chi connectivity index (χ1) is 20.2. The quantitative estimate of drug-likeness (QED) is 0.138. The van der Waals surface area contributed by atoms with Gasteiger partial charge in [-0.3, -0.25) is 19.8 Å². The minimum Gasteiger partial charge on any atom is -0.383 e. The molecule has 43 heavy (non-hydrogen) atoms. The third-order valence-electron chi connectivity index (χ3n) is 7.74. The fourth-order valence-corrected chi connectivity index (χ4v) is 6.21. The fraction of sp³-hybridized carbons (Fsp3) is 0.500. The summed E-state index contributed by atoms with van der Waals surface area (Å²) in [7, 11) is 0. The van der Waals surface area contributed by atoms with Gasteiger partial charge in [-0.2, -0.15) is 0 Å². The van der Waals surface area contributed by atoms with Crippen molar-refractivity contribution in [1.29, 1.82) is 0 Å². The Morgan fingerprint density at radius 3 is 2.40 bits per heavy atom. The first kappa shape index (κ1) is 35.9. The number of carbonyl (C=O) groups excluding carboxylic acids is 2. The molecule has 1 atom stereocenters. The molecule has 2 rings (SSSR count). The molecule has 0 fully saturated rings. The van der Waals surface area contributed by atoms with Crippen LogP contribution < -0.4 is 11.2 Å². The van der Waals surface area contributed by atoms with E-state index in [4.69, 9.17) is 20.9 Å². The SMILES string of the molecule is C=C(S/C=C(\CC)CC(C)(C)C(=O)NO)[C@](C)(C(=O)CCC)c1c(C)nc(C(=CCC)c2cccnc2C(C)C)nc1N. The monoisotopic (exact) mass is 607 g/mol. The first-order valence-electron chi connectivity index (χ1n) is 15.0. The molecule has 4 N–H and O–H groups in total. The summed E-state index contributed by atoms with van der Waals surface area (Å²) in [5, 5.41) is 11.1. The Balaban J connectivity index is 2.65. The molecule has 0 saturated carbocycles. The van der Waals surface area contributed by atoms with Crippen molar-refractivity contribution in [2.45, 2.75) is 106 Å². The van der Waals surface area contributed by atoms with E-state index in [9.17, 15) is 9.59 Å². The molecule has 8 nitrogen and oxygen atoms in total. The number of thioether (sulfide) groups is 1. The lowest BCUT2D eigenvalue weighted by Crippen LogP contribution is -2.36. The Kier molecular flexibility index (Phi) is 12.9. The van der Waals surface area contributed by atoms with Crippen molar-refractivity contribution < 1.29 is 14.8 Å². The number of aryl methyl sites for hydroxylation is 1. The van der Waals surface area contributed by atoms with Crippen LogP contribution in [-0.4, -0.2) is 31.8 Å². The first-order valence-corrected chi connectivity index (χ1v) is 15.9. The Labute approximate surface area is 261 Å². The van der Waals surface area contributed by atoms with Crippen LogP contribution in [0.1, 0.15) is 122 Å². The molecule has 0 aromatic carbocycles. The number of carbonyl (C=O) groups is 2. The topological polar surface area (TPSA) is 131 Å². The van der Waals surface area contributed by atoms with Crippen LogP contribution in [0, 0.1) is 12.3 Å². The number of rotatable bonds is 15. The maximum Gasteiger partial charge on any atom is 0.249 e. The van der Waals surface area contributed by atoms with Gasteiger partial charge in [-0.25, -0.2) is 15.4 Å². The Hall–Kier alpha value is -3.30. The second-order valence-electron chi connectivity index (χ2n) is 12.0. The molecule has 0 spiro atoms. The second kappa shape index (κ2) is 15.4. The molecule has 0 aliphatic rings. The van der Waals surface area contributed by atoms with Gasteiger partial charge in [-0.1, -0.05) is 72.8 Å². The molecule has 2 heterocycles. The molecule has 0 unspecified atom stereocenters. The summed E-state index contributed by atoms with van der Waals surface area (Å²) in [6.07, 6.45) is 6.80. The van der Waals surface area contributed by atoms with Crippen molar-refractivity contribution >= 4 is 34.8 Å². The molecular formula is C34H49N5O3S. The summed E-state index contributed by atoms with van der Waals surface area (Å²) in [6.45, 7) is 21.9. The Morgan fingerprint density at radius 1 is 1.19 bits per heavy atom. The van der Waals surface area contributed by atoms with Crippen molar-refractivity contribution in [3.63, 3.8) is 0 Å². The molecule has 0 aliphatic carbocycles. The number of nitrogens with two attached hydrogens (primary N) is 1. The highest BCUT2D eigenvalue weighted by Crippen LogP contribution is 2.44. The number of amides is 1. The number of ketones is 1. The van der Waals surface area contributed by atoms with Gasteiger partial charge in [0.15, 0.2) is 5.82 Å². The maximum absolute atomic E-state index is 13.8. The maximum atomic E-state index is 13.8. The number of nitrogens with zero attached hydrogens (tertiary/aromatic N) is 3. The third kappa shape index (κ3) is 8.21. The van der Waals surface area contributed by atoms with Gasteiger partial charge in [-0.15, -0.1) is 11.8 Å². The van der Waals surface area contributed by atoms with Crippen LogP contribution in [0.25, 0.3) is 5.57 Å². The molecule has 1 amide bonds. The predicted molar refractivity (Wildman–Crippen MR) is 178 cm³/mol. The number of hydrogen-bond acceptors (Lipinski definition) is 8. The molecular weight excluding hydrogens is 558 g/mol. The van der Waals surface area contributed by atoms with Gasteiger partial charge in [0.1, 0.15) is 11.6 Å². The van der Waals surface area contributed by atoms with Gasteiger partial charge >= 0.3 is 0 Å². The average Bonchev–Trinajstić information content (AvgIpc) is 2.96. The zero-order valence-electron chi connectivity index (χ0n) is 27.3. The number of anilines is 1. The number of Topliss-reactive ketones (excluding diaryl/α,β-unsaturated/α-hetero) is 1. The summed E-state index contributed by atoms with van der Waals surface area (Å²) < 4.78 is 0. The van der Waals surface area contributed by atoms with Crippen molar-refractivity contribution in [3.05, 3.63) is 75.2 Å². The van der Waals surface area contributed by atoms with E-state index in [1.807, 2.05) is 45.2 Å². The lowest BCUT2D eigenvalue weighted by atomic mass is 9.76. The van der Waals surface area contributed by atoms with Crippen LogP contribution in [0.5, 0.6) is 0 Å². The van der Waals surface area contributed by atoms with E-state index in [0.717, 1.165) is 28.8 Å². The van der Waals surface area contributed by atoms with Crippen LogP contribution in [0.2, 0.25) is 0 Å². The number of hydroxylamine groups is 1. The summed E-state index contributed by atoms with van der Waals surface area (Å²) in [4.78, 5) is 41.0. The number of nitrogen functional groups attached to an aromatic ring is 1. The summed E-state index contributed by atoms with van der Waals surface area (Å²) >= 11 is 1.36. The van der Waals surface area contributed by atoms with Crippen LogP contribution in [0.15, 0.2) is 46.9 Å². The molecule has 2 aromatic rings. The lowest BCUT2D eigenvalue weighted by Gasteiger charge is -2.32. The van der Waals surface area contributed by atoms with E-state index in [0.29, 0.717) is 47.7 Å². The highest BCUT2D eigenvalue weighted by Gasteiger charge is 2.41. The van der Waals surface area contributed by atoms with E-state index < -0.39 is 16.7 Å². The summed E-state index contributed by atoms with van der Waals surface area (Å²) in [5.74, 6) is 0.478. The molecule has 0 radical (unpaired) electrons. The zero-order chi connectivity index (χ0) is 32.5. The van der Waals surface area contributed by atoms with Gasteiger partial charge in [0.25, 0.3) is 0 Å². The minimum atomic E-state index is -1.15. The molecule has 0 aliphatic heterocycles. The van der Waals surface area contributed by atoms with E-state index in [1.54, 1.807) is 25.5 Å². The largest absolute Gasteiger partial charge is 0.383 e. The van der Waals surface area contributed by atoms with Gasteiger partial charge < -0.3 is 5.73 Å². The number of nitrogens with one attached hydrogen (secondary N) is 1. The van der Waals surface area contributed by atoms with Gasteiger partial charge in [0, 0.05) is 40.4 Å². The van der Waals surface area contributed by atoms with Crippen LogP contribution in [-0.2, 0) is 15.0 Å². The Bertz CT molecular complexity index is 1370. The van der Waals surface area contributed by atoms with Crippen LogP contribution in [0.4, 0.5) is 5.82 Å². The average molecular weight is 608 g/mol. The van der Waals surface area contributed by atoms with Crippen LogP contribution in [0.3, 0.4) is 0 Å². The Morgan fingerprint density at radius 2 is 1.86 bits per heavy atom. The van der Waals surface area contributed by atoms with Crippen molar-refractivity contribution in [2.75, 3.05) is 5.73 Å². The van der Waals surface area contributed by atoms with Gasteiger partial charge in [-0.05, 0) is 61.8 Å².